The first-order chi connectivity index (χ1) is 17.3. The van der Waals surface area contributed by atoms with Crippen molar-refractivity contribution >= 4 is 11.7 Å². The van der Waals surface area contributed by atoms with E-state index in [-0.39, 0.29) is 12.2 Å². The Morgan fingerprint density at radius 3 is 2.31 bits per heavy atom. The van der Waals surface area contributed by atoms with E-state index < -0.39 is 11.8 Å². The lowest BCUT2D eigenvalue weighted by Gasteiger charge is -2.29. The molecular formula is C31H30FNO3. The van der Waals surface area contributed by atoms with E-state index in [1.807, 2.05) is 24.3 Å². The number of aryl methyl sites for hydroxylation is 1. The first kappa shape index (κ1) is 25.0. The molecule has 0 saturated heterocycles. The van der Waals surface area contributed by atoms with E-state index in [1.54, 1.807) is 0 Å². The molecule has 0 atom stereocenters. The first-order valence-electron chi connectivity index (χ1n) is 12.0. The molecule has 184 valence electrons. The molecule has 1 N–H and O–H groups in total. The Morgan fingerprint density at radius 1 is 0.917 bits per heavy atom. The minimum absolute atomic E-state index is 0.0425. The Balaban J connectivity index is 1.46. The number of benzene rings is 4. The van der Waals surface area contributed by atoms with Gasteiger partial charge in [-0.3, -0.25) is 0 Å². The summed E-state index contributed by atoms with van der Waals surface area (Å²) in [4.78, 5) is 13.8. The summed E-state index contributed by atoms with van der Waals surface area (Å²) in [5, 5.41) is 9.31. The molecule has 0 unspecified atom stereocenters. The third kappa shape index (κ3) is 6.11. The zero-order chi connectivity index (χ0) is 25.7. The molecule has 5 heteroatoms. The molecule has 0 spiro atoms. The van der Waals surface area contributed by atoms with Gasteiger partial charge in [0.2, 0.25) is 0 Å². The van der Waals surface area contributed by atoms with Crippen molar-refractivity contribution < 1.29 is 19.0 Å². The van der Waals surface area contributed by atoms with Crippen LogP contribution >= 0.6 is 0 Å². The molecule has 4 aromatic carbocycles. The summed E-state index contributed by atoms with van der Waals surface area (Å²) in [6.45, 7) is 7.35. The number of anilines is 1. The zero-order valence-electron chi connectivity index (χ0n) is 20.7. The van der Waals surface area contributed by atoms with Gasteiger partial charge in [-0.05, 0) is 79.9 Å². The van der Waals surface area contributed by atoms with Gasteiger partial charge in [-0.2, -0.15) is 0 Å². The molecule has 0 aromatic heterocycles. The van der Waals surface area contributed by atoms with Crippen molar-refractivity contribution in [3.63, 3.8) is 0 Å². The summed E-state index contributed by atoms with van der Waals surface area (Å²) >= 11 is 0. The maximum absolute atomic E-state index is 13.4. The van der Waals surface area contributed by atoms with E-state index >= 15 is 0 Å². The fraction of sp³-hybridized carbons (Fsp3) is 0.194. The number of nitrogens with zero attached hydrogens (tertiary/aromatic N) is 1. The van der Waals surface area contributed by atoms with Gasteiger partial charge < -0.3 is 14.7 Å². The van der Waals surface area contributed by atoms with Crippen molar-refractivity contribution in [2.75, 3.05) is 4.90 Å². The van der Waals surface area contributed by atoms with Crippen molar-refractivity contribution in [2.24, 2.45) is 0 Å². The van der Waals surface area contributed by atoms with E-state index in [9.17, 15) is 14.3 Å². The number of aromatic carboxylic acids is 1. The average Bonchev–Trinajstić information content (AvgIpc) is 2.87. The van der Waals surface area contributed by atoms with Crippen LogP contribution in [-0.2, 0) is 13.2 Å². The summed E-state index contributed by atoms with van der Waals surface area (Å²) < 4.78 is 19.2. The molecule has 0 aliphatic heterocycles. The van der Waals surface area contributed by atoms with Crippen LogP contribution in [0.3, 0.4) is 0 Å². The van der Waals surface area contributed by atoms with Gasteiger partial charge in [-0.1, -0.05) is 54.1 Å². The van der Waals surface area contributed by atoms with Crippen LogP contribution in [0.15, 0.2) is 91.0 Å². The van der Waals surface area contributed by atoms with E-state index in [2.05, 4.69) is 74.2 Å². The summed E-state index contributed by atoms with van der Waals surface area (Å²) in [5.41, 5.74) is 6.17. The summed E-state index contributed by atoms with van der Waals surface area (Å²) in [7, 11) is 0. The Hall–Kier alpha value is -4.12. The molecule has 0 bridgehead atoms. The second kappa shape index (κ2) is 11.1. The van der Waals surface area contributed by atoms with Crippen LogP contribution in [0.5, 0.6) is 5.75 Å². The Bertz CT molecular complexity index is 1330. The highest BCUT2D eigenvalue weighted by molar-refractivity contribution is 5.89. The standard InChI is InChI=1S/C31H30FNO3/c1-21(2)33(28-13-7-22(3)8-14-28)19-23-5-4-6-25(17-23)24-10-15-29(16-11-24)36-20-26-9-12-27(32)18-30(26)31(34)35/h4-18,21H,19-20H2,1-3H3,(H,34,35). The van der Waals surface area contributed by atoms with Crippen LogP contribution in [0.25, 0.3) is 11.1 Å². The molecule has 36 heavy (non-hydrogen) atoms. The number of halogens is 1. The Kier molecular flexibility index (Phi) is 7.69. The third-order valence-electron chi connectivity index (χ3n) is 6.15. The summed E-state index contributed by atoms with van der Waals surface area (Å²) in [6, 6.07) is 28.9. The topological polar surface area (TPSA) is 49.8 Å². The van der Waals surface area contributed by atoms with Crippen molar-refractivity contribution in [1.29, 1.82) is 0 Å². The van der Waals surface area contributed by atoms with E-state index in [0.29, 0.717) is 17.4 Å². The van der Waals surface area contributed by atoms with Crippen LogP contribution in [0.2, 0.25) is 0 Å². The van der Waals surface area contributed by atoms with Gasteiger partial charge in [-0.15, -0.1) is 0 Å². The summed E-state index contributed by atoms with van der Waals surface area (Å²) in [5.74, 6) is -1.15. The molecule has 0 heterocycles. The Morgan fingerprint density at radius 2 is 1.64 bits per heavy atom. The number of carboxylic acids is 1. The molecule has 0 aliphatic carbocycles. The van der Waals surface area contributed by atoms with E-state index in [1.165, 1.54) is 28.9 Å². The van der Waals surface area contributed by atoms with Gasteiger partial charge in [0.15, 0.2) is 0 Å². The van der Waals surface area contributed by atoms with Crippen LogP contribution in [0.4, 0.5) is 10.1 Å². The van der Waals surface area contributed by atoms with Gasteiger partial charge in [-0.25, -0.2) is 9.18 Å². The molecule has 4 nitrogen and oxygen atoms in total. The molecule has 0 aliphatic rings. The Labute approximate surface area is 211 Å². The number of ether oxygens (including phenoxy) is 1. The lowest BCUT2D eigenvalue weighted by atomic mass is 10.0. The number of carbonyl (C=O) groups is 1. The molecule has 4 rings (SSSR count). The number of hydrogen-bond donors (Lipinski definition) is 1. The minimum Gasteiger partial charge on any atom is -0.489 e. The number of hydrogen-bond acceptors (Lipinski definition) is 3. The maximum Gasteiger partial charge on any atom is 0.336 e. The largest absolute Gasteiger partial charge is 0.489 e. The van der Waals surface area contributed by atoms with Crippen LogP contribution < -0.4 is 9.64 Å². The van der Waals surface area contributed by atoms with Gasteiger partial charge in [0.1, 0.15) is 18.2 Å². The quantitative estimate of drug-likeness (QED) is 0.268. The zero-order valence-corrected chi connectivity index (χ0v) is 20.7. The second-order valence-electron chi connectivity index (χ2n) is 9.18. The summed E-state index contributed by atoms with van der Waals surface area (Å²) in [6.07, 6.45) is 0. The van der Waals surface area contributed by atoms with E-state index in [0.717, 1.165) is 23.7 Å². The van der Waals surface area contributed by atoms with Crippen molar-refractivity contribution in [3.05, 3.63) is 119 Å². The monoisotopic (exact) mass is 483 g/mol. The van der Waals surface area contributed by atoms with Crippen LogP contribution in [0, 0.1) is 12.7 Å². The average molecular weight is 484 g/mol. The SMILES string of the molecule is Cc1ccc(N(Cc2cccc(-c3ccc(OCc4ccc(F)cc4C(=O)O)cc3)c2)C(C)C)cc1. The smallest absolute Gasteiger partial charge is 0.336 e. The number of rotatable bonds is 9. The highest BCUT2D eigenvalue weighted by atomic mass is 19.1. The fourth-order valence-electron chi connectivity index (χ4n) is 4.13. The second-order valence-corrected chi connectivity index (χ2v) is 9.18. The molecule has 0 fully saturated rings. The molecule has 0 amide bonds. The van der Waals surface area contributed by atoms with Crippen molar-refractivity contribution in [2.45, 2.75) is 40.0 Å². The number of carboxylic acid groups (broad SMARTS) is 1. The molecular weight excluding hydrogens is 453 g/mol. The predicted octanol–water partition coefficient (Wildman–Crippen LogP) is 7.49. The predicted molar refractivity (Wildman–Crippen MR) is 142 cm³/mol. The highest BCUT2D eigenvalue weighted by Gasteiger charge is 2.13. The molecule has 0 radical (unpaired) electrons. The molecule has 4 aromatic rings. The highest BCUT2D eigenvalue weighted by Crippen LogP contribution is 2.26. The van der Waals surface area contributed by atoms with Crippen molar-refractivity contribution in [1.82, 2.24) is 0 Å². The van der Waals surface area contributed by atoms with Crippen LogP contribution in [-0.4, -0.2) is 17.1 Å². The normalized spacial score (nSPS) is 10.9. The van der Waals surface area contributed by atoms with Gasteiger partial charge in [0.25, 0.3) is 0 Å². The van der Waals surface area contributed by atoms with Gasteiger partial charge in [0, 0.05) is 23.8 Å². The third-order valence-corrected chi connectivity index (χ3v) is 6.15. The van der Waals surface area contributed by atoms with Gasteiger partial charge in [0.05, 0.1) is 5.56 Å². The van der Waals surface area contributed by atoms with E-state index in [4.69, 9.17) is 4.74 Å². The lowest BCUT2D eigenvalue weighted by molar-refractivity contribution is 0.0693. The first-order valence-corrected chi connectivity index (χ1v) is 12.0. The van der Waals surface area contributed by atoms with Crippen molar-refractivity contribution in [3.8, 4) is 16.9 Å². The van der Waals surface area contributed by atoms with Gasteiger partial charge >= 0.3 is 5.97 Å². The molecule has 0 saturated carbocycles. The fourth-order valence-corrected chi connectivity index (χ4v) is 4.13. The van der Waals surface area contributed by atoms with Crippen LogP contribution in [0.1, 0.15) is 40.9 Å². The minimum atomic E-state index is -1.18. The maximum atomic E-state index is 13.4. The lowest BCUT2D eigenvalue weighted by Crippen LogP contribution is -2.30.